The molecule has 2 aromatic carbocycles. The predicted molar refractivity (Wildman–Crippen MR) is 109 cm³/mol. The van der Waals surface area contributed by atoms with Gasteiger partial charge in [0.2, 0.25) is 0 Å². The number of thioether (sulfide) groups is 1. The SMILES string of the molecule is Cn1c(SCC(=O)NN=Cc2ccccc2Cl)nnc1-c1ccc(Cl)cc1. The van der Waals surface area contributed by atoms with Crippen LogP contribution in [0.25, 0.3) is 11.4 Å². The number of amides is 1. The maximum atomic E-state index is 12.0. The Bertz CT molecular complexity index is 972. The molecule has 0 aliphatic rings. The highest BCUT2D eigenvalue weighted by Crippen LogP contribution is 2.23. The molecule has 0 radical (unpaired) electrons. The molecule has 0 atom stereocenters. The molecule has 0 saturated heterocycles. The van der Waals surface area contributed by atoms with Gasteiger partial charge >= 0.3 is 0 Å². The largest absolute Gasteiger partial charge is 0.305 e. The third-order valence-electron chi connectivity index (χ3n) is 3.57. The summed E-state index contributed by atoms with van der Waals surface area (Å²) >= 11 is 13.2. The standard InChI is InChI=1S/C18H15Cl2N5OS/c1-25-17(12-6-8-14(19)9-7-12)23-24-18(25)27-11-16(26)22-21-10-13-4-2-3-5-15(13)20/h2-10H,11H2,1H3,(H,22,26). The minimum absolute atomic E-state index is 0.159. The van der Waals surface area contributed by atoms with E-state index in [1.165, 1.54) is 18.0 Å². The summed E-state index contributed by atoms with van der Waals surface area (Å²) in [5.74, 6) is 0.609. The van der Waals surface area contributed by atoms with Gasteiger partial charge in [-0.2, -0.15) is 5.10 Å². The van der Waals surface area contributed by atoms with Crippen LogP contribution in [0.3, 0.4) is 0 Å². The summed E-state index contributed by atoms with van der Waals surface area (Å²) in [5.41, 5.74) is 4.10. The first-order valence-corrected chi connectivity index (χ1v) is 9.63. The number of hydrazone groups is 1. The summed E-state index contributed by atoms with van der Waals surface area (Å²) in [6.07, 6.45) is 1.51. The van der Waals surface area contributed by atoms with Gasteiger partial charge in [-0.05, 0) is 30.3 Å². The zero-order valence-electron chi connectivity index (χ0n) is 14.3. The van der Waals surface area contributed by atoms with Crippen molar-refractivity contribution in [2.45, 2.75) is 5.16 Å². The summed E-state index contributed by atoms with van der Waals surface area (Å²) in [7, 11) is 1.85. The lowest BCUT2D eigenvalue weighted by molar-refractivity contribution is -0.118. The van der Waals surface area contributed by atoms with Crippen molar-refractivity contribution in [2.24, 2.45) is 12.1 Å². The first-order chi connectivity index (χ1) is 13.0. The van der Waals surface area contributed by atoms with Crippen LogP contribution in [0.1, 0.15) is 5.56 Å². The third kappa shape index (κ3) is 5.09. The zero-order chi connectivity index (χ0) is 19.2. The fourth-order valence-corrected chi connectivity index (χ4v) is 3.22. The van der Waals surface area contributed by atoms with Crippen LogP contribution in [0.2, 0.25) is 10.0 Å². The second kappa shape index (κ2) is 9.03. The quantitative estimate of drug-likeness (QED) is 0.371. The highest BCUT2D eigenvalue weighted by molar-refractivity contribution is 7.99. The van der Waals surface area contributed by atoms with E-state index in [0.29, 0.717) is 21.0 Å². The Morgan fingerprint density at radius 3 is 2.67 bits per heavy atom. The smallest absolute Gasteiger partial charge is 0.250 e. The Balaban J connectivity index is 1.56. The summed E-state index contributed by atoms with van der Waals surface area (Å²) in [4.78, 5) is 12.0. The van der Waals surface area contributed by atoms with Crippen molar-refractivity contribution in [3.05, 3.63) is 64.1 Å². The number of carbonyl (C=O) groups excluding carboxylic acids is 1. The minimum Gasteiger partial charge on any atom is -0.305 e. The normalized spacial score (nSPS) is 11.1. The van der Waals surface area contributed by atoms with E-state index in [1.54, 1.807) is 18.2 Å². The van der Waals surface area contributed by atoms with Crippen molar-refractivity contribution in [1.82, 2.24) is 20.2 Å². The van der Waals surface area contributed by atoms with Crippen molar-refractivity contribution in [1.29, 1.82) is 0 Å². The van der Waals surface area contributed by atoms with Crippen LogP contribution in [0.15, 0.2) is 58.8 Å². The van der Waals surface area contributed by atoms with E-state index in [0.717, 1.165) is 11.1 Å². The lowest BCUT2D eigenvalue weighted by atomic mass is 10.2. The van der Waals surface area contributed by atoms with Gasteiger partial charge in [-0.3, -0.25) is 4.79 Å². The van der Waals surface area contributed by atoms with Gasteiger partial charge < -0.3 is 4.57 Å². The van der Waals surface area contributed by atoms with E-state index in [4.69, 9.17) is 23.2 Å². The molecule has 3 aromatic rings. The molecule has 3 rings (SSSR count). The van der Waals surface area contributed by atoms with Crippen molar-refractivity contribution in [3.63, 3.8) is 0 Å². The summed E-state index contributed by atoms with van der Waals surface area (Å²) in [6, 6.07) is 14.6. The van der Waals surface area contributed by atoms with Crippen LogP contribution in [-0.4, -0.2) is 32.6 Å². The average Bonchev–Trinajstić information content (AvgIpc) is 3.03. The van der Waals surface area contributed by atoms with E-state index >= 15 is 0 Å². The van der Waals surface area contributed by atoms with Crippen LogP contribution >= 0.6 is 35.0 Å². The molecule has 0 spiro atoms. The summed E-state index contributed by atoms with van der Waals surface area (Å²) < 4.78 is 1.83. The molecule has 0 saturated carbocycles. The third-order valence-corrected chi connectivity index (χ3v) is 5.18. The molecule has 6 nitrogen and oxygen atoms in total. The molecule has 0 bridgehead atoms. The van der Waals surface area contributed by atoms with Crippen LogP contribution in [-0.2, 0) is 11.8 Å². The molecule has 1 amide bonds. The maximum Gasteiger partial charge on any atom is 0.250 e. The number of hydrogen-bond donors (Lipinski definition) is 1. The lowest BCUT2D eigenvalue weighted by Gasteiger charge is -2.04. The molecular formula is C18H15Cl2N5OS. The van der Waals surface area contributed by atoms with Crippen molar-refractivity contribution >= 4 is 47.1 Å². The summed E-state index contributed by atoms with van der Waals surface area (Å²) in [5, 5.41) is 14.1. The van der Waals surface area contributed by atoms with Gasteiger partial charge in [-0.15, -0.1) is 10.2 Å². The monoisotopic (exact) mass is 419 g/mol. The molecule has 27 heavy (non-hydrogen) atoms. The lowest BCUT2D eigenvalue weighted by Crippen LogP contribution is -2.19. The van der Waals surface area contributed by atoms with Crippen LogP contribution in [0.5, 0.6) is 0 Å². The topological polar surface area (TPSA) is 72.2 Å². The fraction of sp³-hybridized carbons (Fsp3) is 0.111. The van der Waals surface area contributed by atoms with E-state index < -0.39 is 0 Å². The van der Waals surface area contributed by atoms with Crippen molar-refractivity contribution < 1.29 is 4.79 Å². The molecule has 0 unspecified atom stereocenters. The highest BCUT2D eigenvalue weighted by atomic mass is 35.5. The predicted octanol–water partition coefficient (Wildman–Crippen LogP) is 4.03. The number of benzene rings is 2. The number of halogens is 2. The maximum absolute atomic E-state index is 12.0. The first-order valence-electron chi connectivity index (χ1n) is 7.89. The molecule has 9 heteroatoms. The number of hydrogen-bond acceptors (Lipinski definition) is 5. The molecule has 0 aliphatic heterocycles. The molecule has 1 N–H and O–H groups in total. The number of rotatable bonds is 6. The van der Waals surface area contributed by atoms with Gasteiger partial charge in [-0.1, -0.05) is 53.2 Å². The second-order valence-corrected chi connectivity index (χ2v) is 7.26. The van der Waals surface area contributed by atoms with Crippen molar-refractivity contribution in [3.8, 4) is 11.4 Å². The average molecular weight is 420 g/mol. The second-order valence-electron chi connectivity index (χ2n) is 5.48. The molecular weight excluding hydrogens is 405 g/mol. The van der Waals surface area contributed by atoms with E-state index in [9.17, 15) is 4.79 Å². The minimum atomic E-state index is -0.251. The van der Waals surface area contributed by atoms with Gasteiger partial charge in [0.25, 0.3) is 5.91 Å². The Labute approximate surface area is 170 Å². The van der Waals surface area contributed by atoms with E-state index in [2.05, 4.69) is 20.7 Å². The number of carbonyl (C=O) groups is 1. The number of nitrogens with zero attached hydrogens (tertiary/aromatic N) is 4. The Morgan fingerprint density at radius 2 is 1.93 bits per heavy atom. The first kappa shape index (κ1) is 19.4. The van der Waals surface area contributed by atoms with Gasteiger partial charge in [0.1, 0.15) is 0 Å². The highest BCUT2D eigenvalue weighted by Gasteiger charge is 2.12. The number of nitrogens with one attached hydrogen (secondary N) is 1. The molecule has 1 aromatic heterocycles. The van der Waals surface area contributed by atoms with Gasteiger partial charge in [0.15, 0.2) is 11.0 Å². The fourth-order valence-electron chi connectivity index (χ4n) is 2.21. The number of aromatic nitrogens is 3. The van der Waals surface area contributed by atoms with Crippen LogP contribution in [0.4, 0.5) is 0 Å². The molecule has 0 fully saturated rings. The van der Waals surface area contributed by atoms with Gasteiger partial charge in [-0.25, -0.2) is 5.43 Å². The van der Waals surface area contributed by atoms with Crippen LogP contribution < -0.4 is 5.43 Å². The van der Waals surface area contributed by atoms with Gasteiger partial charge in [0, 0.05) is 28.2 Å². The Hall–Kier alpha value is -2.35. The Kier molecular flexibility index (Phi) is 6.49. The van der Waals surface area contributed by atoms with E-state index in [-0.39, 0.29) is 11.7 Å². The zero-order valence-corrected chi connectivity index (χ0v) is 16.6. The molecule has 138 valence electrons. The van der Waals surface area contributed by atoms with Crippen molar-refractivity contribution in [2.75, 3.05) is 5.75 Å². The molecule has 0 aliphatic carbocycles. The summed E-state index contributed by atoms with van der Waals surface area (Å²) in [6.45, 7) is 0. The Morgan fingerprint density at radius 1 is 1.19 bits per heavy atom. The van der Waals surface area contributed by atoms with Crippen LogP contribution in [0, 0.1) is 0 Å². The van der Waals surface area contributed by atoms with E-state index in [1.807, 2.05) is 41.9 Å². The van der Waals surface area contributed by atoms with Gasteiger partial charge in [0.05, 0.1) is 12.0 Å². The molecule has 1 heterocycles.